The van der Waals surface area contributed by atoms with Crippen molar-refractivity contribution < 1.29 is 43.6 Å². The molecular formula is C23H41O9P. The summed E-state index contributed by atoms with van der Waals surface area (Å²) in [5, 5.41) is 20.0. The molecule has 10 heteroatoms. The van der Waals surface area contributed by atoms with E-state index in [1.54, 1.807) is 0 Å². The van der Waals surface area contributed by atoms with Crippen molar-refractivity contribution in [3.63, 3.8) is 0 Å². The van der Waals surface area contributed by atoms with Gasteiger partial charge in [-0.1, -0.05) is 84.0 Å². The molecule has 1 aliphatic heterocycles. The third-order valence-electron chi connectivity index (χ3n) is 5.41. The minimum Gasteiger partial charge on any atom is -0.505 e. The van der Waals surface area contributed by atoms with Gasteiger partial charge in [-0.25, -0.2) is 4.79 Å². The quantitative estimate of drug-likeness (QED) is 0.118. The molecule has 192 valence electrons. The van der Waals surface area contributed by atoms with E-state index < -0.39 is 49.8 Å². The van der Waals surface area contributed by atoms with Gasteiger partial charge in [-0.15, -0.1) is 0 Å². The molecule has 33 heavy (non-hydrogen) atoms. The van der Waals surface area contributed by atoms with E-state index >= 15 is 0 Å². The highest BCUT2D eigenvalue weighted by atomic mass is 31.2. The van der Waals surface area contributed by atoms with E-state index in [4.69, 9.17) is 9.47 Å². The van der Waals surface area contributed by atoms with Crippen LogP contribution < -0.4 is 0 Å². The number of unbranched alkanes of at least 4 members (excludes halogenated alkanes) is 12. The number of hydrogen-bond acceptors (Lipinski definition) is 9. The minimum absolute atomic E-state index is 0.217. The van der Waals surface area contributed by atoms with Gasteiger partial charge in [0.05, 0.1) is 0 Å². The van der Waals surface area contributed by atoms with Gasteiger partial charge in [0.25, 0.3) is 13.3 Å². The second-order valence-electron chi connectivity index (χ2n) is 8.54. The molecule has 9 nitrogen and oxygen atoms in total. The van der Waals surface area contributed by atoms with Gasteiger partial charge in [0.15, 0.2) is 11.9 Å². The summed E-state index contributed by atoms with van der Waals surface area (Å²) in [6.07, 6.45) is 15.7. The van der Waals surface area contributed by atoms with Crippen LogP contribution in [-0.2, 0) is 23.6 Å². The first-order valence-electron chi connectivity index (χ1n) is 12.0. The fourth-order valence-electron chi connectivity index (χ4n) is 3.57. The van der Waals surface area contributed by atoms with Crippen molar-refractivity contribution in [2.45, 2.75) is 109 Å². The number of carbonyl (C=O) groups excluding carboxylic acids is 2. The fraction of sp³-hybridized carbons (Fsp3) is 0.783. The van der Waals surface area contributed by atoms with Gasteiger partial charge in [0.2, 0.25) is 0 Å². The lowest BCUT2D eigenvalue weighted by molar-refractivity contribution is -0.154. The summed E-state index contributed by atoms with van der Waals surface area (Å²) >= 11 is 0. The van der Waals surface area contributed by atoms with Crippen LogP contribution >= 0.6 is 7.57 Å². The van der Waals surface area contributed by atoms with Gasteiger partial charge >= 0.3 is 11.9 Å². The summed E-state index contributed by atoms with van der Waals surface area (Å²) in [4.78, 5) is 41.9. The molecule has 0 amide bonds. The molecule has 0 aliphatic carbocycles. The van der Waals surface area contributed by atoms with E-state index in [0.29, 0.717) is 6.42 Å². The third-order valence-corrected chi connectivity index (χ3v) is 5.88. The molecule has 0 saturated carbocycles. The number of carbonyl (C=O) groups is 2. The van der Waals surface area contributed by atoms with E-state index in [1.165, 1.54) is 57.8 Å². The van der Waals surface area contributed by atoms with Crippen molar-refractivity contribution >= 4 is 25.8 Å². The number of ether oxygens (including phenoxy) is 2. The molecule has 0 fully saturated rings. The molecule has 0 aromatic rings. The zero-order chi connectivity index (χ0) is 24.7. The van der Waals surface area contributed by atoms with Crippen LogP contribution in [0.2, 0.25) is 0 Å². The molecule has 2 atom stereocenters. The van der Waals surface area contributed by atoms with Gasteiger partial charge in [0.1, 0.15) is 12.7 Å². The SMILES string of the molecule is C=P(O)(O)OC1=C(O)C(C(O)COC(=O)CCCCCCCCCCCCCCC)OC1=O. The molecule has 0 radical (unpaired) electrons. The molecular weight excluding hydrogens is 451 g/mol. The van der Waals surface area contributed by atoms with Crippen LogP contribution in [0.3, 0.4) is 0 Å². The topological polar surface area (TPSA) is 143 Å². The Kier molecular flexibility index (Phi) is 14.4. The van der Waals surface area contributed by atoms with Crippen LogP contribution in [0, 0.1) is 0 Å². The predicted octanol–water partition coefficient (Wildman–Crippen LogP) is 4.26. The number of aliphatic hydroxyl groups is 2. The highest BCUT2D eigenvalue weighted by molar-refractivity contribution is 7.57. The minimum atomic E-state index is -4.10. The summed E-state index contributed by atoms with van der Waals surface area (Å²) in [7, 11) is -4.10. The van der Waals surface area contributed by atoms with Crippen LogP contribution in [0.4, 0.5) is 0 Å². The fourth-order valence-corrected chi connectivity index (χ4v) is 4.03. The van der Waals surface area contributed by atoms with Crippen LogP contribution in [0.25, 0.3) is 0 Å². The van der Waals surface area contributed by atoms with Crippen LogP contribution in [-0.4, -0.2) is 57.1 Å². The maximum absolute atomic E-state index is 11.9. The Labute approximate surface area is 197 Å². The molecule has 1 rings (SSSR count). The van der Waals surface area contributed by atoms with Gasteiger partial charge in [-0.2, -0.15) is 0 Å². The van der Waals surface area contributed by atoms with E-state index in [-0.39, 0.29) is 6.42 Å². The van der Waals surface area contributed by atoms with Crippen molar-refractivity contribution in [1.29, 1.82) is 0 Å². The second-order valence-corrected chi connectivity index (χ2v) is 10.1. The van der Waals surface area contributed by atoms with E-state index in [9.17, 15) is 29.6 Å². The molecule has 0 aromatic heterocycles. The van der Waals surface area contributed by atoms with Crippen molar-refractivity contribution in [2.75, 3.05) is 6.61 Å². The Morgan fingerprint density at radius 1 is 1.00 bits per heavy atom. The molecule has 0 bridgehead atoms. The van der Waals surface area contributed by atoms with Crippen LogP contribution in [0.15, 0.2) is 11.5 Å². The normalized spacial score (nSPS) is 17.2. The first-order valence-corrected chi connectivity index (χ1v) is 13.8. The van der Waals surface area contributed by atoms with Crippen molar-refractivity contribution in [1.82, 2.24) is 0 Å². The lowest BCUT2D eigenvalue weighted by atomic mass is 10.0. The molecule has 0 spiro atoms. The van der Waals surface area contributed by atoms with E-state index in [1.807, 2.05) is 0 Å². The van der Waals surface area contributed by atoms with Crippen molar-refractivity contribution in [2.24, 2.45) is 0 Å². The second kappa shape index (κ2) is 16.1. The number of esters is 2. The van der Waals surface area contributed by atoms with Gasteiger partial charge < -0.3 is 34.0 Å². The highest BCUT2D eigenvalue weighted by Crippen LogP contribution is 2.41. The lowest BCUT2D eigenvalue weighted by Gasteiger charge is -2.17. The van der Waals surface area contributed by atoms with E-state index in [0.717, 1.165) is 19.3 Å². The lowest BCUT2D eigenvalue weighted by Crippen LogP contribution is -2.33. The first kappa shape index (κ1) is 29.5. The zero-order valence-corrected chi connectivity index (χ0v) is 20.6. The average molecular weight is 493 g/mol. The summed E-state index contributed by atoms with van der Waals surface area (Å²) in [6, 6.07) is 0. The number of hydrogen-bond donors (Lipinski definition) is 4. The molecule has 2 unspecified atom stereocenters. The third kappa shape index (κ3) is 13.1. The standard InChI is InChI=1S/C23H41O9P/c1-3-4-5-6-7-8-9-10-11-12-13-14-15-16-19(25)30-17-18(24)21-20(26)22(23(27)31-21)32-33(2,28)29/h18,21,24,26,28-29H,2-17H2,1H3. The Hall–Kier alpha value is -1.54. The molecule has 0 aromatic carbocycles. The highest BCUT2D eigenvalue weighted by Gasteiger charge is 2.42. The first-order chi connectivity index (χ1) is 15.7. The predicted molar refractivity (Wildman–Crippen MR) is 126 cm³/mol. The summed E-state index contributed by atoms with van der Waals surface area (Å²) < 4.78 is 14.2. The van der Waals surface area contributed by atoms with Crippen LogP contribution in [0.5, 0.6) is 0 Å². The van der Waals surface area contributed by atoms with E-state index in [2.05, 4.69) is 17.7 Å². The molecule has 0 saturated heterocycles. The summed E-state index contributed by atoms with van der Waals surface area (Å²) in [6.45, 7) is 1.74. The van der Waals surface area contributed by atoms with Crippen molar-refractivity contribution in [3.05, 3.63) is 11.5 Å². The Morgan fingerprint density at radius 2 is 1.48 bits per heavy atom. The average Bonchev–Trinajstić information content (AvgIpc) is 3.02. The molecule has 1 heterocycles. The Morgan fingerprint density at radius 3 is 1.97 bits per heavy atom. The summed E-state index contributed by atoms with van der Waals surface area (Å²) in [5.41, 5.74) is 0. The summed E-state index contributed by atoms with van der Waals surface area (Å²) in [5.74, 6) is -3.30. The van der Waals surface area contributed by atoms with Crippen molar-refractivity contribution in [3.8, 4) is 0 Å². The van der Waals surface area contributed by atoms with Gasteiger partial charge in [-0.05, 0) is 12.7 Å². The smallest absolute Gasteiger partial charge is 0.378 e. The maximum Gasteiger partial charge on any atom is 0.378 e. The number of aliphatic hydroxyl groups excluding tert-OH is 2. The van der Waals surface area contributed by atoms with Gasteiger partial charge in [-0.3, -0.25) is 4.79 Å². The Bertz CT molecular complexity index is 671. The largest absolute Gasteiger partial charge is 0.505 e. The molecule has 4 N–H and O–H groups in total. The number of cyclic esters (lactones) is 1. The Balaban J connectivity index is 2.09. The van der Waals surface area contributed by atoms with Crippen LogP contribution in [0.1, 0.15) is 96.8 Å². The van der Waals surface area contributed by atoms with Gasteiger partial charge in [0, 0.05) is 6.42 Å². The zero-order valence-electron chi connectivity index (χ0n) is 19.7. The maximum atomic E-state index is 11.9. The number of rotatable bonds is 19. The molecule has 1 aliphatic rings. The monoisotopic (exact) mass is 492 g/mol.